The van der Waals surface area contributed by atoms with E-state index in [0.717, 1.165) is 8.96 Å². The summed E-state index contributed by atoms with van der Waals surface area (Å²) in [6, 6.07) is 8.51. The third kappa shape index (κ3) is 3.28. The molecule has 1 atom stereocenters. The molecule has 1 fully saturated rings. The van der Waals surface area contributed by atoms with Crippen LogP contribution in [-0.2, 0) is 0 Å². The number of nitrogens with one attached hydrogen (secondary N) is 1. The first kappa shape index (κ1) is 17.6. The number of aromatic nitrogens is 1. The van der Waals surface area contributed by atoms with Crippen molar-refractivity contribution in [1.82, 2.24) is 9.88 Å². The van der Waals surface area contributed by atoms with Crippen molar-refractivity contribution in [2.75, 3.05) is 18.4 Å². The first-order valence-corrected chi connectivity index (χ1v) is 9.99. The molecule has 1 aliphatic rings. The molecule has 2 aromatic heterocycles. The molecule has 8 heteroatoms. The number of rotatable bonds is 3. The first-order chi connectivity index (χ1) is 12.5. The van der Waals surface area contributed by atoms with Crippen LogP contribution in [0.25, 0.3) is 10.2 Å². The summed E-state index contributed by atoms with van der Waals surface area (Å²) in [4.78, 5) is 19.8. The van der Waals surface area contributed by atoms with Crippen LogP contribution < -0.4 is 5.32 Å². The van der Waals surface area contributed by atoms with Gasteiger partial charge in [-0.3, -0.25) is 4.79 Å². The molecule has 0 spiro atoms. The van der Waals surface area contributed by atoms with Crippen molar-refractivity contribution in [3.63, 3.8) is 0 Å². The van der Waals surface area contributed by atoms with Crippen molar-refractivity contribution in [3.8, 4) is 0 Å². The Morgan fingerprint density at radius 3 is 3.00 bits per heavy atom. The van der Waals surface area contributed by atoms with Gasteiger partial charge in [0.2, 0.25) is 0 Å². The average molecular weight is 483 g/mol. The number of carbonyl (C=O) groups excluding carboxylic acids is 1. The van der Waals surface area contributed by atoms with E-state index in [9.17, 15) is 14.3 Å². The minimum absolute atomic E-state index is 0.172. The number of pyridine rings is 1. The minimum atomic E-state index is -0.493. The molecule has 1 aliphatic heterocycles. The third-order valence-electron chi connectivity index (χ3n) is 4.31. The van der Waals surface area contributed by atoms with Crippen LogP contribution in [0.3, 0.4) is 0 Å². The van der Waals surface area contributed by atoms with Crippen molar-refractivity contribution in [1.29, 1.82) is 0 Å². The van der Waals surface area contributed by atoms with Crippen LogP contribution in [0.2, 0.25) is 0 Å². The number of halogens is 2. The van der Waals surface area contributed by atoms with Gasteiger partial charge >= 0.3 is 0 Å². The summed E-state index contributed by atoms with van der Waals surface area (Å²) in [5, 5.41) is 14.1. The highest BCUT2D eigenvalue weighted by molar-refractivity contribution is 14.1. The Bertz CT molecular complexity index is 994. The van der Waals surface area contributed by atoms with E-state index in [-0.39, 0.29) is 11.7 Å². The normalized spacial score (nSPS) is 17.0. The lowest BCUT2D eigenvalue weighted by atomic mass is 10.1. The maximum absolute atomic E-state index is 14.3. The number of carbonyl (C=O) groups is 1. The summed E-state index contributed by atoms with van der Waals surface area (Å²) in [6.07, 6.45) is 1.75. The van der Waals surface area contributed by atoms with E-state index in [2.05, 4.69) is 10.3 Å². The van der Waals surface area contributed by atoms with Crippen LogP contribution in [0.4, 0.5) is 15.1 Å². The quantitative estimate of drug-likeness (QED) is 0.554. The molecule has 1 aromatic carbocycles. The van der Waals surface area contributed by atoms with Crippen molar-refractivity contribution in [3.05, 3.63) is 51.5 Å². The number of likely N-dealkylation sites (tertiary alicyclic amines) is 1. The van der Waals surface area contributed by atoms with Gasteiger partial charge in [-0.1, -0.05) is 11.3 Å². The largest absolute Gasteiger partial charge is 0.391 e. The van der Waals surface area contributed by atoms with Gasteiger partial charge in [0, 0.05) is 28.2 Å². The highest BCUT2D eigenvalue weighted by Gasteiger charge is 2.29. The van der Waals surface area contributed by atoms with Gasteiger partial charge in [-0.25, -0.2) is 9.37 Å². The number of aliphatic hydroxyl groups is 1. The summed E-state index contributed by atoms with van der Waals surface area (Å²) >= 11 is 3.37. The van der Waals surface area contributed by atoms with Gasteiger partial charge in [0.15, 0.2) is 0 Å². The van der Waals surface area contributed by atoms with Gasteiger partial charge in [-0.05, 0) is 59.3 Å². The fourth-order valence-corrected chi connectivity index (χ4v) is 4.53. The molecule has 0 aliphatic carbocycles. The maximum atomic E-state index is 14.3. The van der Waals surface area contributed by atoms with E-state index >= 15 is 0 Å². The van der Waals surface area contributed by atoms with Gasteiger partial charge in [0.05, 0.1) is 17.4 Å². The highest BCUT2D eigenvalue weighted by Crippen LogP contribution is 2.38. The lowest BCUT2D eigenvalue weighted by Crippen LogP contribution is -2.29. The summed E-state index contributed by atoms with van der Waals surface area (Å²) in [5.41, 5.74) is 0.789. The zero-order valence-corrected chi connectivity index (χ0v) is 16.6. The van der Waals surface area contributed by atoms with Crippen LogP contribution >= 0.6 is 33.9 Å². The molecule has 2 N–H and O–H groups in total. The van der Waals surface area contributed by atoms with Crippen molar-refractivity contribution < 1.29 is 14.3 Å². The van der Waals surface area contributed by atoms with E-state index < -0.39 is 6.10 Å². The van der Waals surface area contributed by atoms with Gasteiger partial charge < -0.3 is 15.3 Å². The van der Waals surface area contributed by atoms with Crippen LogP contribution in [0.5, 0.6) is 0 Å². The van der Waals surface area contributed by atoms with Crippen LogP contribution in [0.15, 0.2) is 36.5 Å². The molecule has 0 saturated carbocycles. The number of β-amino-alcohol motifs (C(OH)–C–C–N with tert-alkyl or cyclic N) is 1. The zero-order chi connectivity index (χ0) is 18.3. The first-order valence-electron chi connectivity index (χ1n) is 8.10. The monoisotopic (exact) mass is 483 g/mol. The predicted octanol–water partition coefficient (Wildman–Crippen LogP) is 3.99. The third-order valence-corrected chi connectivity index (χ3v) is 6.01. The van der Waals surface area contributed by atoms with E-state index in [0.29, 0.717) is 40.6 Å². The Balaban J connectivity index is 1.77. The van der Waals surface area contributed by atoms with Gasteiger partial charge in [0.25, 0.3) is 5.91 Å². The molecule has 4 rings (SSSR count). The predicted molar refractivity (Wildman–Crippen MR) is 109 cm³/mol. The second kappa shape index (κ2) is 7.09. The van der Waals surface area contributed by atoms with Gasteiger partial charge in [-0.15, -0.1) is 0 Å². The molecule has 3 aromatic rings. The van der Waals surface area contributed by atoms with E-state index in [1.165, 1.54) is 17.4 Å². The molecule has 0 unspecified atom stereocenters. The topological polar surface area (TPSA) is 65.5 Å². The highest BCUT2D eigenvalue weighted by atomic mass is 127. The fourth-order valence-electron chi connectivity index (χ4n) is 3.03. The SMILES string of the molecule is O=C(c1c(Nc2ccc(I)cc2F)sc2ncccc12)N1CC[C@H](O)C1. The van der Waals surface area contributed by atoms with Crippen LogP contribution in [0.1, 0.15) is 16.8 Å². The number of hydrogen-bond acceptors (Lipinski definition) is 5. The van der Waals surface area contributed by atoms with Crippen LogP contribution in [-0.4, -0.2) is 40.1 Å². The second-order valence-corrected chi connectivity index (χ2v) is 8.35. The molecule has 26 heavy (non-hydrogen) atoms. The number of fused-ring (bicyclic) bond motifs is 1. The zero-order valence-electron chi connectivity index (χ0n) is 13.6. The summed E-state index contributed by atoms with van der Waals surface area (Å²) in [6.45, 7) is 0.822. The molecular weight excluding hydrogens is 468 g/mol. The summed E-state index contributed by atoms with van der Waals surface area (Å²) < 4.78 is 15.1. The minimum Gasteiger partial charge on any atom is -0.391 e. The molecule has 0 bridgehead atoms. The molecule has 1 saturated heterocycles. The number of aliphatic hydroxyl groups excluding tert-OH is 1. The molecule has 134 valence electrons. The Hall–Kier alpha value is -1.78. The van der Waals surface area contributed by atoms with Gasteiger partial charge in [0.1, 0.15) is 15.6 Å². The second-order valence-electron chi connectivity index (χ2n) is 6.11. The van der Waals surface area contributed by atoms with Gasteiger partial charge in [-0.2, -0.15) is 0 Å². The number of thiophene rings is 1. The lowest BCUT2D eigenvalue weighted by Gasteiger charge is -2.17. The lowest BCUT2D eigenvalue weighted by molar-refractivity contribution is 0.0768. The van der Waals surface area contributed by atoms with E-state index in [1.807, 2.05) is 28.7 Å². The van der Waals surface area contributed by atoms with Crippen molar-refractivity contribution in [2.24, 2.45) is 0 Å². The number of amides is 1. The average Bonchev–Trinajstić information content (AvgIpc) is 3.20. The van der Waals surface area contributed by atoms with E-state index in [1.54, 1.807) is 29.3 Å². The fraction of sp³-hybridized carbons (Fsp3) is 0.222. The van der Waals surface area contributed by atoms with Crippen molar-refractivity contribution >= 4 is 60.7 Å². The molecular formula is C18H15FIN3O2S. The Morgan fingerprint density at radius 1 is 1.42 bits per heavy atom. The Morgan fingerprint density at radius 2 is 2.27 bits per heavy atom. The summed E-state index contributed by atoms with van der Waals surface area (Å²) in [5.74, 6) is -0.550. The van der Waals surface area contributed by atoms with E-state index in [4.69, 9.17) is 0 Å². The smallest absolute Gasteiger partial charge is 0.257 e. The number of nitrogens with zero attached hydrogens (tertiary/aromatic N) is 2. The Kier molecular flexibility index (Phi) is 4.80. The molecule has 1 amide bonds. The van der Waals surface area contributed by atoms with Crippen molar-refractivity contribution in [2.45, 2.75) is 12.5 Å². The standard InChI is InChI=1S/C18H15FIN3O2S/c19-13-8-10(20)3-4-14(13)22-17-15(12-2-1-6-21-16(12)26-17)18(25)23-7-5-11(24)9-23/h1-4,6,8,11,22,24H,5,7,9H2/t11-/m0/s1. The van der Waals surface area contributed by atoms with Crippen LogP contribution in [0, 0.1) is 9.39 Å². The number of hydrogen-bond donors (Lipinski definition) is 2. The number of benzene rings is 1. The maximum Gasteiger partial charge on any atom is 0.257 e. The molecule has 3 heterocycles. The molecule has 0 radical (unpaired) electrons. The summed E-state index contributed by atoms with van der Waals surface area (Å²) in [7, 11) is 0. The molecule has 5 nitrogen and oxygen atoms in total. The number of anilines is 2. The Labute approximate surface area is 167 Å².